The second-order valence-electron chi connectivity index (χ2n) is 5.18. The Hall–Kier alpha value is -1.39. The zero-order valence-corrected chi connectivity index (χ0v) is 13.0. The van der Waals surface area contributed by atoms with Crippen LogP contribution in [0.4, 0.5) is 4.39 Å². The Labute approximate surface area is 124 Å². The van der Waals surface area contributed by atoms with E-state index in [1.807, 2.05) is 25.7 Å². The van der Waals surface area contributed by atoms with E-state index in [2.05, 4.69) is 16.9 Å². The monoisotopic (exact) mass is 295 g/mol. The molecule has 0 radical (unpaired) electrons. The van der Waals surface area contributed by atoms with Gasteiger partial charge in [0.15, 0.2) is 0 Å². The highest BCUT2D eigenvalue weighted by Crippen LogP contribution is 2.20. The van der Waals surface area contributed by atoms with E-state index < -0.39 is 0 Å². The molecule has 3 nitrogen and oxygen atoms in total. The van der Waals surface area contributed by atoms with E-state index in [0.29, 0.717) is 11.6 Å². The Morgan fingerprint density at radius 2 is 2.00 bits per heavy atom. The number of nitrogens with zero attached hydrogens (tertiary/aromatic N) is 3. The van der Waals surface area contributed by atoms with Crippen molar-refractivity contribution in [2.45, 2.75) is 26.9 Å². The lowest BCUT2D eigenvalue weighted by Gasteiger charge is -2.18. The number of hydrogen-bond acceptors (Lipinski definition) is 2. The number of aromatic nitrogens is 2. The van der Waals surface area contributed by atoms with Gasteiger partial charge in [0.25, 0.3) is 0 Å². The van der Waals surface area contributed by atoms with Crippen LogP contribution in [0.15, 0.2) is 18.2 Å². The molecule has 0 saturated heterocycles. The molecule has 0 spiro atoms. The molecule has 1 aromatic carbocycles. The summed E-state index contributed by atoms with van der Waals surface area (Å²) in [6.45, 7) is 5.54. The predicted molar refractivity (Wildman–Crippen MR) is 79.3 cm³/mol. The summed E-state index contributed by atoms with van der Waals surface area (Å²) >= 11 is 6.06. The standard InChI is InChI=1S/C15H19ClFN3/c1-10-14(11(2)20(4)18-10)9-19(3)8-12-5-6-13(17)7-15(12)16/h5-7H,8-9H2,1-4H3. The maximum atomic E-state index is 13.0. The molecule has 0 atom stereocenters. The zero-order chi connectivity index (χ0) is 14.9. The third-order valence-corrected chi connectivity index (χ3v) is 3.89. The lowest BCUT2D eigenvalue weighted by molar-refractivity contribution is 0.317. The van der Waals surface area contributed by atoms with Crippen LogP contribution in [0.1, 0.15) is 22.5 Å². The fraction of sp³-hybridized carbons (Fsp3) is 0.400. The van der Waals surface area contributed by atoms with Crippen LogP contribution in [0.2, 0.25) is 5.02 Å². The molecule has 0 N–H and O–H groups in total. The van der Waals surface area contributed by atoms with Crippen LogP contribution in [-0.2, 0) is 20.1 Å². The average molecular weight is 296 g/mol. The topological polar surface area (TPSA) is 21.1 Å². The van der Waals surface area contributed by atoms with Gasteiger partial charge in [0.2, 0.25) is 0 Å². The Bertz CT molecular complexity index is 622. The second-order valence-corrected chi connectivity index (χ2v) is 5.59. The molecule has 108 valence electrons. The third kappa shape index (κ3) is 3.19. The van der Waals surface area contributed by atoms with Crippen LogP contribution < -0.4 is 0 Å². The van der Waals surface area contributed by atoms with Gasteiger partial charge in [-0.05, 0) is 38.6 Å². The van der Waals surface area contributed by atoms with E-state index in [1.54, 1.807) is 6.07 Å². The Balaban J connectivity index is 2.11. The molecule has 0 aliphatic rings. The van der Waals surface area contributed by atoms with Crippen molar-refractivity contribution in [2.24, 2.45) is 7.05 Å². The van der Waals surface area contributed by atoms with Crippen LogP contribution in [0, 0.1) is 19.7 Å². The van der Waals surface area contributed by atoms with E-state index in [9.17, 15) is 4.39 Å². The molecule has 0 saturated carbocycles. The smallest absolute Gasteiger partial charge is 0.124 e. The summed E-state index contributed by atoms with van der Waals surface area (Å²) in [7, 11) is 3.97. The van der Waals surface area contributed by atoms with Crippen molar-refractivity contribution < 1.29 is 4.39 Å². The summed E-state index contributed by atoms with van der Waals surface area (Å²) in [6.07, 6.45) is 0. The highest BCUT2D eigenvalue weighted by atomic mass is 35.5. The van der Waals surface area contributed by atoms with Crippen LogP contribution in [0.25, 0.3) is 0 Å². The maximum absolute atomic E-state index is 13.0. The number of aryl methyl sites for hydroxylation is 2. The van der Waals surface area contributed by atoms with Crippen molar-refractivity contribution in [1.29, 1.82) is 0 Å². The molecule has 0 fully saturated rings. The highest BCUT2D eigenvalue weighted by molar-refractivity contribution is 6.31. The van der Waals surface area contributed by atoms with Gasteiger partial charge in [-0.2, -0.15) is 5.10 Å². The highest BCUT2D eigenvalue weighted by Gasteiger charge is 2.12. The SMILES string of the molecule is Cc1nn(C)c(C)c1CN(C)Cc1ccc(F)cc1Cl. The summed E-state index contributed by atoms with van der Waals surface area (Å²) in [5.41, 5.74) is 4.37. The van der Waals surface area contributed by atoms with Gasteiger partial charge in [-0.15, -0.1) is 0 Å². The second kappa shape index (κ2) is 5.94. The van der Waals surface area contributed by atoms with Gasteiger partial charge in [0, 0.05) is 36.4 Å². The first-order valence-electron chi connectivity index (χ1n) is 6.50. The number of hydrogen-bond donors (Lipinski definition) is 0. The number of benzene rings is 1. The Morgan fingerprint density at radius 1 is 1.30 bits per heavy atom. The number of halogens is 2. The predicted octanol–water partition coefficient (Wildman–Crippen LogP) is 3.46. The summed E-state index contributed by atoms with van der Waals surface area (Å²) in [6, 6.07) is 4.53. The van der Waals surface area contributed by atoms with Crippen LogP contribution in [0.3, 0.4) is 0 Å². The lowest BCUT2D eigenvalue weighted by Crippen LogP contribution is -2.18. The van der Waals surface area contributed by atoms with Gasteiger partial charge < -0.3 is 0 Å². The lowest BCUT2D eigenvalue weighted by atomic mass is 10.1. The zero-order valence-electron chi connectivity index (χ0n) is 12.2. The van der Waals surface area contributed by atoms with E-state index in [1.165, 1.54) is 23.4 Å². The summed E-state index contributed by atoms with van der Waals surface area (Å²) < 4.78 is 14.9. The molecular weight excluding hydrogens is 277 g/mol. The van der Waals surface area contributed by atoms with Crippen LogP contribution in [-0.4, -0.2) is 21.7 Å². The van der Waals surface area contributed by atoms with Gasteiger partial charge in [0.05, 0.1) is 5.69 Å². The molecule has 1 heterocycles. The minimum Gasteiger partial charge on any atom is -0.298 e. The van der Waals surface area contributed by atoms with Crippen molar-refractivity contribution in [3.63, 3.8) is 0 Å². The molecule has 2 aromatic rings. The molecule has 0 aliphatic carbocycles. The van der Waals surface area contributed by atoms with Crippen molar-refractivity contribution in [3.05, 3.63) is 51.6 Å². The van der Waals surface area contributed by atoms with Gasteiger partial charge in [-0.25, -0.2) is 4.39 Å². The van der Waals surface area contributed by atoms with Gasteiger partial charge in [-0.1, -0.05) is 17.7 Å². The average Bonchev–Trinajstić information content (AvgIpc) is 2.60. The van der Waals surface area contributed by atoms with E-state index in [0.717, 1.165) is 17.8 Å². The first-order chi connectivity index (χ1) is 9.38. The molecule has 0 aliphatic heterocycles. The fourth-order valence-electron chi connectivity index (χ4n) is 2.31. The number of rotatable bonds is 4. The normalized spacial score (nSPS) is 11.3. The third-order valence-electron chi connectivity index (χ3n) is 3.54. The van der Waals surface area contributed by atoms with Crippen LogP contribution in [0.5, 0.6) is 0 Å². The molecule has 20 heavy (non-hydrogen) atoms. The van der Waals surface area contributed by atoms with Crippen molar-refractivity contribution in [3.8, 4) is 0 Å². The van der Waals surface area contributed by atoms with Gasteiger partial charge in [-0.3, -0.25) is 9.58 Å². The molecule has 0 unspecified atom stereocenters. The van der Waals surface area contributed by atoms with Crippen molar-refractivity contribution >= 4 is 11.6 Å². The molecule has 5 heteroatoms. The first-order valence-corrected chi connectivity index (χ1v) is 6.88. The minimum absolute atomic E-state index is 0.305. The van der Waals surface area contributed by atoms with E-state index >= 15 is 0 Å². The van der Waals surface area contributed by atoms with Crippen LogP contribution >= 0.6 is 11.6 Å². The molecule has 2 rings (SSSR count). The summed E-state index contributed by atoms with van der Waals surface area (Å²) in [5, 5.41) is 4.88. The van der Waals surface area contributed by atoms with Gasteiger partial charge in [0.1, 0.15) is 5.82 Å². The molecule has 0 bridgehead atoms. The fourth-order valence-corrected chi connectivity index (χ4v) is 2.54. The quantitative estimate of drug-likeness (QED) is 0.861. The van der Waals surface area contributed by atoms with Gasteiger partial charge >= 0.3 is 0 Å². The maximum Gasteiger partial charge on any atom is 0.124 e. The first kappa shape index (κ1) is 15.0. The van der Waals surface area contributed by atoms with Crippen molar-refractivity contribution in [2.75, 3.05) is 7.05 Å². The van der Waals surface area contributed by atoms with E-state index in [4.69, 9.17) is 11.6 Å². The summed E-state index contributed by atoms with van der Waals surface area (Å²) in [4.78, 5) is 2.15. The molecule has 0 amide bonds. The minimum atomic E-state index is -0.305. The molecule has 1 aromatic heterocycles. The van der Waals surface area contributed by atoms with Crippen molar-refractivity contribution in [1.82, 2.24) is 14.7 Å². The largest absolute Gasteiger partial charge is 0.298 e. The molecular formula is C15H19ClFN3. The van der Waals surface area contributed by atoms with E-state index in [-0.39, 0.29) is 5.82 Å². The Morgan fingerprint density at radius 3 is 2.55 bits per heavy atom. The Kier molecular flexibility index (Phi) is 4.45. The summed E-state index contributed by atoms with van der Waals surface area (Å²) in [5.74, 6) is -0.305.